The molecule has 0 radical (unpaired) electrons. The Labute approximate surface area is 102 Å². The smallest absolute Gasteiger partial charge is 0.212 e. The predicted octanol–water partition coefficient (Wildman–Crippen LogP) is 0.655. The number of rotatable bonds is 5. The van der Waals surface area contributed by atoms with E-state index in [0.717, 1.165) is 19.3 Å². The van der Waals surface area contributed by atoms with Gasteiger partial charge in [0.1, 0.15) is 0 Å². The Morgan fingerprint density at radius 1 is 1.35 bits per heavy atom. The molecular weight excluding hydrogens is 240 g/mol. The highest BCUT2D eigenvalue weighted by Gasteiger charge is 2.32. The second-order valence-electron chi connectivity index (χ2n) is 4.32. The van der Waals surface area contributed by atoms with Gasteiger partial charge in [-0.25, -0.2) is 8.42 Å². The van der Waals surface area contributed by atoms with Crippen molar-refractivity contribution < 1.29 is 8.42 Å². The molecule has 0 bridgehead atoms. The summed E-state index contributed by atoms with van der Waals surface area (Å²) in [6.07, 6.45) is 5.66. The SMILES string of the molecule is CCCCS(=O)(=O)N1CCC(n2nccn2)C1. The lowest BCUT2D eigenvalue weighted by Crippen LogP contribution is -2.31. The molecule has 1 aromatic heterocycles. The van der Waals surface area contributed by atoms with E-state index < -0.39 is 10.0 Å². The van der Waals surface area contributed by atoms with Crippen molar-refractivity contribution in [3.8, 4) is 0 Å². The van der Waals surface area contributed by atoms with Crippen LogP contribution in [-0.4, -0.2) is 46.6 Å². The van der Waals surface area contributed by atoms with Crippen LogP contribution in [0.5, 0.6) is 0 Å². The summed E-state index contributed by atoms with van der Waals surface area (Å²) in [6.45, 7) is 3.08. The lowest BCUT2D eigenvalue weighted by molar-refractivity contribution is 0.402. The molecule has 1 fully saturated rings. The van der Waals surface area contributed by atoms with Gasteiger partial charge in [0.15, 0.2) is 0 Å². The minimum atomic E-state index is -3.08. The summed E-state index contributed by atoms with van der Waals surface area (Å²) in [5.41, 5.74) is 0. The van der Waals surface area contributed by atoms with Crippen molar-refractivity contribution >= 4 is 10.0 Å². The molecule has 0 aliphatic carbocycles. The molecule has 1 atom stereocenters. The number of sulfonamides is 1. The molecule has 0 saturated carbocycles. The summed E-state index contributed by atoms with van der Waals surface area (Å²) in [4.78, 5) is 1.61. The van der Waals surface area contributed by atoms with E-state index >= 15 is 0 Å². The summed E-state index contributed by atoms with van der Waals surface area (Å²) in [5.74, 6) is 0.253. The summed E-state index contributed by atoms with van der Waals surface area (Å²) < 4.78 is 25.5. The molecule has 7 heteroatoms. The van der Waals surface area contributed by atoms with Crippen molar-refractivity contribution in [2.75, 3.05) is 18.8 Å². The number of unbranched alkanes of at least 4 members (excludes halogenated alkanes) is 1. The maximum absolute atomic E-state index is 12.0. The Morgan fingerprint density at radius 3 is 2.71 bits per heavy atom. The maximum Gasteiger partial charge on any atom is 0.214 e. The van der Waals surface area contributed by atoms with Crippen molar-refractivity contribution in [2.45, 2.75) is 32.2 Å². The van der Waals surface area contributed by atoms with E-state index in [-0.39, 0.29) is 11.8 Å². The van der Waals surface area contributed by atoms with Crippen molar-refractivity contribution in [3.05, 3.63) is 12.4 Å². The van der Waals surface area contributed by atoms with E-state index in [2.05, 4.69) is 10.2 Å². The molecule has 2 heterocycles. The molecule has 0 amide bonds. The van der Waals surface area contributed by atoms with Gasteiger partial charge < -0.3 is 0 Å². The fourth-order valence-electron chi connectivity index (χ4n) is 2.02. The Morgan fingerprint density at radius 2 is 2.06 bits per heavy atom. The fourth-order valence-corrected chi connectivity index (χ4v) is 3.72. The van der Waals surface area contributed by atoms with Gasteiger partial charge >= 0.3 is 0 Å². The van der Waals surface area contributed by atoms with Crippen LogP contribution in [-0.2, 0) is 10.0 Å². The molecule has 1 unspecified atom stereocenters. The second-order valence-corrected chi connectivity index (χ2v) is 6.41. The third-order valence-corrected chi connectivity index (χ3v) is 4.96. The van der Waals surface area contributed by atoms with Gasteiger partial charge in [0, 0.05) is 13.1 Å². The predicted molar refractivity (Wildman–Crippen MR) is 63.9 cm³/mol. The van der Waals surface area contributed by atoms with Gasteiger partial charge in [-0.05, 0) is 12.8 Å². The van der Waals surface area contributed by atoms with Crippen LogP contribution in [0, 0.1) is 0 Å². The van der Waals surface area contributed by atoms with E-state index in [0.29, 0.717) is 13.1 Å². The Hall–Kier alpha value is -0.950. The van der Waals surface area contributed by atoms with Crippen LogP contribution in [0.1, 0.15) is 32.2 Å². The van der Waals surface area contributed by atoms with Gasteiger partial charge in [-0.15, -0.1) is 0 Å². The van der Waals surface area contributed by atoms with Gasteiger partial charge in [0.25, 0.3) is 0 Å². The third-order valence-electron chi connectivity index (χ3n) is 3.04. The molecule has 1 aliphatic rings. The molecular formula is C10H18N4O2S. The lowest BCUT2D eigenvalue weighted by Gasteiger charge is -2.15. The fraction of sp³-hybridized carbons (Fsp3) is 0.800. The molecule has 1 aromatic rings. The largest absolute Gasteiger partial charge is 0.214 e. The molecule has 6 nitrogen and oxygen atoms in total. The Kier molecular flexibility index (Phi) is 3.78. The summed E-state index contributed by atoms with van der Waals surface area (Å²) in [6, 6.07) is 0.0846. The van der Waals surface area contributed by atoms with Crippen molar-refractivity contribution in [2.24, 2.45) is 0 Å². The zero-order chi connectivity index (χ0) is 12.3. The average Bonchev–Trinajstić information content (AvgIpc) is 2.95. The molecule has 0 aromatic carbocycles. The first kappa shape index (κ1) is 12.5. The highest BCUT2D eigenvalue weighted by Crippen LogP contribution is 2.22. The van der Waals surface area contributed by atoms with Crippen LogP contribution in [0.4, 0.5) is 0 Å². The summed E-state index contributed by atoms with van der Waals surface area (Å²) in [5, 5.41) is 8.12. The minimum absolute atomic E-state index is 0.0846. The first-order valence-electron chi connectivity index (χ1n) is 5.97. The number of aromatic nitrogens is 3. The number of nitrogens with zero attached hydrogens (tertiary/aromatic N) is 4. The minimum Gasteiger partial charge on any atom is -0.212 e. The molecule has 96 valence electrons. The number of hydrogen-bond acceptors (Lipinski definition) is 4. The van der Waals surface area contributed by atoms with E-state index in [9.17, 15) is 8.42 Å². The van der Waals surface area contributed by atoms with Crippen LogP contribution in [0.25, 0.3) is 0 Å². The van der Waals surface area contributed by atoms with Gasteiger partial charge in [-0.2, -0.15) is 19.3 Å². The van der Waals surface area contributed by atoms with Gasteiger partial charge in [-0.1, -0.05) is 13.3 Å². The van der Waals surface area contributed by atoms with E-state index in [1.54, 1.807) is 21.5 Å². The lowest BCUT2D eigenvalue weighted by atomic mass is 10.3. The Bertz CT molecular complexity index is 443. The molecule has 0 spiro atoms. The monoisotopic (exact) mass is 258 g/mol. The zero-order valence-corrected chi connectivity index (χ0v) is 10.8. The molecule has 2 rings (SSSR count). The molecule has 0 N–H and O–H groups in total. The van der Waals surface area contributed by atoms with Crippen LogP contribution in [0.15, 0.2) is 12.4 Å². The normalized spacial score (nSPS) is 22.1. The van der Waals surface area contributed by atoms with Gasteiger partial charge in [0.05, 0.1) is 24.2 Å². The van der Waals surface area contributed by atoms with E-state index in [1.165, 1.54) is 0 Å². The molecule has 17 heavy (non-hydrogen) atoms. The van der Waals surface area contributed by atoms with Crippen LogP contribution < -0.4 is 0 Å². The van der Waals surface area contributed by atoms with E-state index in [1.807, 2.05) is 6.92 Å². The van der Waals surface area contributed by atoms with E-state index in [4.69, 9.17) is 0 Å². The van der Waals surface area contributed by atoms with Crippen LogP contribution >= 0.6 is 0 Å². The average molecular weight is 258 g/mol. The second kappa shape index (κ2) is 5.14. The van der Waals surface area contributed by atoms with Crippen molar-refractivity contribution in [1.82, 2.24) is 19.3 Å². The van der Waals surface area contributed by atoms with Crippen molar-refractivity contribution in [1.29, 1.82) is 0 Å². The van der Waals surface area contributed by atoms with Crippen LogP contribution in [0.2, 0.25) is 0 Å². The van der Waals surface area contributed by atoms with Gasteiger partial charge in [-0.3, -0.25) is 0 Å². The zero-order valence-electron chi connectivity index (χ0n) is 9.99. The van der Waals surface area contributed by atoms with Crippen LogP contribution in [0.3, 0.4) is 0 Å². The first-order valence-corrected chi connectivity index (χ1v) is 7.58. The standard InChI is InChI=1S/C10H18N4O2S/c1-2-3-8-17(15,16)13-7-4-10(9-13)14-11-5-6-12-14/h5-6,10H,2-4,7-9H2,1H3. The third kappa shape index (κ3) is 2.84. The number of hydrogen-bond donors (Lipinski definition) is 0. The maximum atomic E-state index is 12.0. The first-order chi connectivity index (χ1) is 8.13. The topological polar surface area (TPSA) is 68.1 Å². The Balaban J connectivity index is 1.98. The van der Waals surface area contributed by atoms with Crippen molar-refractivity contribution in [3.63, 3.8) is 0 Å². The summed E-state index contributed by atoms with van der Waals surface area (Å²) >= 11 is 0. The van der Waals surface area contributed by atoms with Gasteiger partial charge in [0.2, 0.25) is 10.0 Å². The summed E-state index contributed by atoms with van der Waals surface area (Å²) in [7, 11) is -3.08. The highest BCUT2D eigenvalue weighted by molar-refractivity contribution is 7.89. The quantitative estimate of drug-likeness (QED) is 0.778. The molecule has 1 aliphatic heterocycles. The molecule has 1 saturated heterocycles. The highest BCUT2D eigenvalue weighted by atomic mass is 32.2.